The second-order valence-electron chi connectivity index (χ2n) is 9.36. The molecule has 0 spiro atoms. The Morgan fingerprint density at radius 1 is 1.06 bits per heavy atom. The topological polar surface area (TPSA) is 70.1 Å². The summed E-state index contributed by atoms with van der Waals surface area (Å²) in [5.74, 6) is -0.669. The first-order valence-electron chi connectivity index (χ1n) is 12.2. The van der Waals surface area contributed by atoms with Crippen molar-refractivity contribution in [2.45, 2.75) is 57.5 Å². The molecule has 34 heavy (non-hydrogen) atoms. The largest absolute Gasteiger partial charge is 0.507 e. The van der Waals surface area contributed by atoms with Crippen LogP contribution in [-0.4, -0.2) is 48.4 Å². The maximum atomic E-state index is 13.3. The first kappa shape index (κ1) is 23.9. The molecule has 0 bridgehead atoms. The first-order chi connectivity index (χ1) is 16.4. The predicted octanol–water partition coefficient (Wildman–Crippen LogP) is 5.30. The highest BCUT2D eigenvalue weighted by atomic mass is 16.5. The van der Waals surface area contributed by atoms with Crippen LogP contribution in [0.5, 0.6) is 5.75 Å². The van der Waals surface area contributed by atoms with Crippen LogP contribution in [0.3, 0.4) is 0 Å². The van der Waals surface area contributed by atoms with Crippen LogP contribution in [0.15, 0.2) is 54.1 Å². The van der Waals surface area contributed by atoms with Crippen LogP contribution in [-0.2, 0) is 9.59 Å². The van der Waals surface area contributed by atoms with Crippen LogP contribution in [0.25, 0.3) is 5.76 Å². The lowest BCUT2D eigenvalue weighted by molar-refractivity contribution is -0.141. The van der Waals surface area contributed by atoms with Gasteiger partial charge in [-0.05, 0) is 49.1 Å². The standard InChI is InChI=1S/C28H34N2O4/c1-4-17-34-23-12-8-9-20(18-23)26(31)24-25(19-13-15-21(16-14-19)29(2)3)30(28(33)27(24)32)22-10-6-5-7-11-22/h8-9,12-16,18,22,25,31H,4-7,10-11,17H2,1-3H3/b26-24-. The van der Waals surface area contributed by atoms with Crippen molar-refractivity contribution in [3.63, 3.8) is 0 Å². The van der Waals surface area contributed by atoms with Crippen LogP contribution in [0.2, 0.25) is 0 Å². The van der Waals surface area contributed by atoms with Gasteiger partial charge in [0.1, 0.15) is 11.5 Å². The average Bonchev–Trinajstić information content (AvgIpc) is 3.13. The van der Waals surface area contributed by atoms with Crippen molar-refractivity contribution >= 4 is 23.1 Å². The highest BCUT2D eigenvalue weighted by molar-refractivity contribution is 6.46. The molecule has 6 nitrogen and oxygen atoms in total. The number of benzene rings is 2. The number of anilines is 1. The number of ether oxygens (including phenoxy) is 1. The van der Waals surface area contributed by atoms with Crippen LogP contribution >= 0.6 is 0 Å². The van der Waals surface area contributed by atoms with Gasteiger partial charge in [0.2, 0.25) is 0 Å². The van der Waals surface area contributed by atoms with E-state index in [4.69, 9.17) is 4.74 Å². The lowest BCUT2D eigenvalue weighted by Gasteiger charge is -2.35. The maximum absolute atomic E-state index is 13.3. The van der Waals surface area contributed by atoms with Gasteiger partial charge in [0.15, 0.2) is 0 Å². The summed E-state index contributed by atoms with van der Waals surface area (Å²) in [5.41, 5.74) is 2.49. The Balaban J connectivity index is 1.81. The molecule has 1 aliphatic carbocycles. The highest BCUT2D eigenvalue weighted by Gasteiger charge is 2.48. The summed E-state index contributed by atoms with van der Waals surface area (Å²) in [6.07, 6.45) is 5.84. The van der Waals surface area contributed by atoms with Gasteiger partial charge in [0.05, 0.1) is 18.2 Å². The monoisotopic (exact) mass is 462 g/mol. The Hall–Kier alpha value is -3.28. The molecule has 1 unspecified atom stereocenters. The molecule has 6 heteroatoms. The number of amides is 1. The fourth-order valence-electron chi connectivity index (χ4n) is 4.98. The summed E-state index contributed by atoms with van der Waals surface area (Å²) in [6.45, 7) is 2.59. The zero-order valence-electron chi connectivity index (χ0n) is 20.3. The lowest BCUT2D eigenvalue weighted by Crippen LogP contribution is -2.40. The van der Waals surface area contributed by atoms with Gasteiger partial charge in [0.25, 0.3) is 11.7 Å². The molecule has 1 aliphatic heterocycles. The summed E-state index contributed by atoms with van der Waals surface area (Å²) < 4.78 is 5.72. The van der Waals surface area contributed by atoms with E-state index in [9.17, 15) is 14.7 Å². The smallest absolute Gasteiger partial charge is 0.295 e. The van der Waals surface area contributed by atoms with Crippen molar-refractivity contribution in [2.24, 2.45) is 0 Å². The molecule has 2 fully saturated rings. The van der Waals surface area contributed by atoms with E-state index < -0.39 is 17.7 Å². The molecule has 1 amide bonds. The molecule has 180 valence electrons. The highest BCUT2D eigenvalue weighted by Crippen LogP contribution is 2.43. The SMILES string of the molecule is CCCOc1cccc(/C(O)=C2/C(=O)C(=O)N(C3CCCCC3)C2c2ccc(N(C)C)cc2)c1. The number of aliphatic hydroxyl groups is 1. The predicted molar refractivity (Wildman–Crippen MR) is 134 cm³/mol. The third-order valence-corrected chi connectivity index (χ3v) is 6.75. The Kier molecular flexibility index (Phi) is 7.25. The van der Waals surface area contributed by atoms with Gasteiger partial charge in [-0.1, -0.05) is 50.5 Å². The summed E-state index contributed by atoms with van der Waals surface area (Å²) in [4.78, 5) is 30.4. The second-order valence-corrected chi connectivity index (χ2v) is 9.36. The molecule has 1 N–H and O–H groups in total. The summed E-state index contributed by atoms with van der Waals surface area (Å²) in [6, 6.07) is 14.3. The molecule has 2 aliphatic rings. The van der Waals surface area contributed by atoms with Crippen molar-refractivity contribution in [3.05, 3.63) is 65.2 Å². The van der Waals surface area contributed by atoms with E-state index in [1.165, 1.54) is 0 Å². The van der Waals surface area contributed by atoms with Gasteiger partial charge in [-0.3, -0.25) is 9.59 Å². The number of ketones is 1. The Morgan fingerprint density at radius 2 is 1.76 bits per heavy atom. The normalized spacial score (nSPS) is 20.6. The van der Waals surface area contributed by atoms with Crippen LogP contribution in [0.4, 0.5) is 5.69 Å². The number of hydrogen-bond donors (Lipinski definition) is 1. The molecule has 0 radical (unpaired) electrons. The molecule has 1 saturated carbocycles. The molecule has 4 rings (SSSR count). The molecule has 1 saturated heterocycles. The molecule has 0 aromatic heterocycles. The van der Waals surface area contributed by atoms with E-state index in [2.05, 4.69) is 0 Å². The van der Waals surface area contributed by atoms with Gasteiger partial charge in [-0.15, -0.1) is 0 Å². The number of Topliss-reactive ketones (excluding diaryl/α,β-unsaturated/α-hetero) is 1. The minimum absolute atomic E-state index is 0.00625. The van der Waals surface area contributed by atoms with Crippen molar-refractivity contribution in [3.8, 4) is 5.75 Å². The number of rotatable bonds is 7. The zero-order chi connectivity index (χ0) is 24.2. The summed E-state index contributed by atoms with van der Waals surface area (Å²) in [7, 11) is 3.94. The van der Waals surface area contributed by atoms with Gasteiger partial charge in [-0.2, -0.15) is 0 Å². The Morgan fingerprint density at radius 3 is 2.41 bits per heavy atom. The fraction of sp³-hybridized carbons (Fsp3) is 0.429. The van der Waals surface area contributed by atoms with E-state index in [1.54, 1.807) is 23.1 Å². The Labute approximate surface area is 201 Å². The molecule has 1 heterocycles. The average molecular weight is 463 g/mol. The van der Waals surface area contributed by atoms with Crippen LogP contribution < -0.4 is 9.64 Å². The van der Waals surface area contributed by atoms with Crippen LogP contribution in [0, 0.1) is 0 Å². The molecular formula is C28H34N2O4. The first-order valence-corrected chi connectivity index (χ1v) is 12.2. The number of likely N-dealkylation sites (tertiary alicyclic amines) is 1. The number of carbonyl (C=O) groups excluding carboxylic acids is 2. The second kappa shape index (κ2) is 10.3. The molecule has 2 aromatic rings. The minimum Gasteiger partial charge on any atom is -0.507 e. The van der Waals surface area contributed by atoms with Crippen molar-refractivity contribution in [1.29, 1.82) is 0 Å². The maximum Gasteiger partial charge on any atom is 0.295 e. The quantitative estimate of drug-likeness (QED) is 0.344. The van der Waals surface area contributed by atoms with Crippen molar-refractivity contribution in [1.82, 2.24) is 4.90 Å². The zero-order valence-corrected chi connectivity index (χ0v) is 20.3. The number of aliphatic hydroxyl groups excluding tert-OH is 1. The van der Waals surface area contributed by atoms with E-state index >= 15 is 0 Å². The van der Waals surface area contributed by atoms with Gasteiger partial charge < -0.3 is 19.6 Å². The van der Waals surface area contributed by atoms with Crippen molar-refractivity contribution < 1.29 is 19.4 Å². The molecule has 2 aromatic carbocycles. The van der Waals surface area contributed by atoms with Gasteiger partial charge in [-0.25, -0.2) is 0 Å². The number of hydrogen-bond acceptors (Lipinski definition) is 5. The van der Waals surface area contributed by atoms with E-state index in [0.717, 1.165) is 49.8 Å². The fourth-order valence-corrected chi connectivity index (χ4v) is 4.98. The number of carbonyl (C=O) groups is 2. The minimum atomic E-state index is -0.621. The molecule has 1 atom stereocenters. The molecular weight excluding hydrogens is 428 g/mol. The Bertz CT molecular complexity index is 1070. The van der Waals surface area contributed by atoms with Gasteiger partial charge in [0, 0.05) is 31.4 Å². The summed E-state index contributed by atoms with van der Waals surface area (Å²) in [5, 5.41) is 11.4. The van der Waals surface area contributed by atoms with Gasteiger partial charge >= 0.3 is 0 Å². The number of nitrogens with zero attached hydrogens (tertiary/aromatic N) is 2. The van der Waals surface area contributed by atoms with E-state index in [0.29, 0.717) is 17.9 Å². The lowest BCUT2D eigenvalue weighted by atomic mass is 9.91. The summed E-state index contributed by atoms with van der Waals surface area (Å²) >= 11 is 0. The third kappa shape index (κ3) is 4.67. The van der Waals surface area contributed by atoms with Crippen molar-refractivity contribution in [2.75, 3.05) is 25.6 Å². The van der Waals surface area contributed by atoms with E-state index in [-0.39, 0.29) is 17.4 Å². The third-order valence-electron chi connectivity index (χ3n) is 6.75. The van der Waals surface area contributed by atoms with E-state index in [1.807, 2.05) is 56.3 Å². The van der Waals surface area contributed by atoms with Crippen LogP contribution in [0.1, 0.15) is 62.6 Å².